The molecule has 0 fully saturated rings. The summed E-state index contributed by atoms with van der Waals surface area (Å²) >= 11 is 0. The normalized spacial score (nSPS) is 13.8. The van der Waals surface area contributed by atoms with Crippen LogP contribution in [0.3, 0.4) is 0 Å². The van der Waals surface area contributed by atoms with Crippen molar-refractivity contribution in [1.29, 1.82) is 0 Å². The Morgan fingerprint density at radius 1 is 1.16 bits per heavy atom. The summed E-state index contributed by atoms with van der Waals surface area (Å²) in [4.78, 5) is 0. The largest absolute Gasteiger partial charge is 0.0881 e. The van der Waals surface area contributed by atoms with Crippen molar-refractivity contribution in [2.45, 2.75) is 46.5 Å². The number of allylic oxidation sites excluding steroid dienone is 2. The lowest BCUT2D eigenvalue weighted by Crippen LogP contribution is -2.03. The molecule has 0 bridgehead atoms. The molecule has 2 rings (SSSR count). The van der Waals surface area contributed by atoms with Crippen molar-refractivity contribution in [3.63, 3.8) is 0 Å². The van der Waals surface area contributed by atoms with Gasteiger partial charge in [0.25, 0.3) is 0 Å². The first-order valence-electron chi connectivity index (χ1n) is 7.29. The van der Waals surface area contributed by atoms with Crippen molar-refractivity contribution in [3.05, 3.63) is 59.2 Å². The lowest BCUT2D eigenvalue weighted by molar-refractivity contribution is 0.682. The summed E-state index contributed by atoms with van der Waals surface area (Å²) in [6.45, 7) is 8.92. The Morgan fingerprint density at radius 2 is 1.79 bits per heavy atom. The van der Waals surface area contributed by atoms with Crippen molar-refractivity contribution in [2.24, 2.45) is 0 Å². The zero-order valence-corrected chi connectivity index (χ0v) is 12.5. The van der Waals surface area contributed by atoms with Gasteiger partial charge in [-0.3, -0.25) is 0 Å². The first-order chi connectivity index (χ1) is 9.17. The molecule has 0 saturated carbocycles. The molecule has 1 atom stereocenters. The highest BCUT2D eigenvalue weighted by Crippen LogP contribution is 2.33. The van der Waals surface area contributed by atoms with E-state index in [1.54, 1.807) is 0 Å². The van der Waals surface area contributed by atoms with E-state index in [4.69, 9.17) is 0 Å². The summed E-state index contributed by atoms with van der Waals surface area (Å²) in [5.41, 5.74) is 4.40. The number of aryl methyl sites for hydroxylation is 1. The maximum atomic E-state index is 2.39. The minimum absolute atomic E-state index is 0.569. The quantitative estimate of drug-likeness (QED) is 0.585. The molecule has 0 radical (unpaired) electrons. The summed E-state index contributed by atoms with van der Waals surface area (Å²) in [7, 11) is 0. The van der Waals surface area contributed by atoms with E-state index in [-0.39, 0.29) is 0 Å². The second-order valence-electron chi connectivity index (χ2n) is 5.43. The van der Waals surface area contributed by atoms with E-state index in [1.807, 2.05) is 0 Å². The molecule has 19 heavy (non-hydrogen) atoms. The Morgan fingerprint density at radius 3 is 2.37 bits per heavy atom. The third kappa shape index (κ3) is 2.89. The van der Waals surface area contributed by atoms with Crippen LogP contribution in [0.5, 0.6) is 0 Å². The summed E-state index contributed by atoms with van der Waals surface area (Å²) < 4.78 is 0. The predicted molar refractivity (Wildman–Crippen MR) is 85.8 cm³/mol. The van der Waals surface area contributed by atoms with Gasteiger partial charge in [0.2, 0.25) is 0 Å². The van der Waals surface area contributed by atoms with Gasteiger partial charge in [0.1, 0.15) is 0 Å². The molecular formula is C19H24. The second kappa shape index (κ2) is 6.06. The van der Waals surface area contributed by atoms with Crippen molar-refractivity contribution >= 4 is 10.8 Å². The smallest absolute Gasteiger partial charge is 0.00480 e. The molecule has 0 aromatic heterocycles. The van der Waals surface area contributed by atoms with Gasteiger partial charge in [-0.15, -0.1) is 0 Å². The minimum Gasteiger partial charge on any atom is -0.0881 e. The van der Waals surface area contributed by atoms with Crippen LogP contribution in [-0.4, -0.2) is 0 Å². The number of benzene rings is 2. The van der Waals surface area contributed by atoms with Gasteiger partial charge < -0.3 is 0 Å². The van der Waals surface area contributed by atoms with Crippen LogP contribution in [0.1, 0.15) is 50.7 Å². The molecule has 0 heterocycles. The third-order valence-electron chi connectivity index (χ3n) is 4.09. The predicted octanol–water partition coefficient (Wildman–Crippen LogP) is 6.00. The molecule has 0 aliphatic heterocycles. The molecule has 0 nitrogen and oxygen atoms in total. The molecule has 0 spiro atoms. The highest BCUT2D eigenvalue weighted by molar-refractivity contribution is 5.84. The fraction of sp³-hybridized carbons (Fsp3) is 0.368. The average Bonchev–Trinajstić information content (AvgIpc) is 2.43. The number of hydrogen-bond donors (Lipinski definition) is 0. The van der Waals surface area contributed by atoms with Gasteiger partial charge in [0.15, 0.2) is 0 Å². The van der Waals surface area contributed by atoms with Gasteiger partial charge >= 0.3 is 0 Å². The van der Waals surface area contributed by atoms with Gasteiger partial charge in [0.05, 0.1) is 0 Å². The van der Waals surface area contributed by atoms with E-state index >= 15 is 0 Å². The first kappa shape index (κ1) is 13.9. The number of rotatable bonds is 4. The van der Waals surface area contributed by atoms with E-state index in [9.17, 15) is 0 Å². The fourth-order valence-electron chi connectivity index (χ4n) is 2.87. The maximum Gasteiger partial charge on any atom is 0.00480 e. The zero-order valence-electron chi connectivity index (χ0n) is 12.5. The van der Waals surface area contributed by atoms with Gasteiger partial charge in [0, 0.05) is 5.92 Å². The standard InChI is InChI=1S/C19H24/c1-5-9-18(14(3)6-2)19-13-17-11-8-7-10-16(17)12-15(19)4/h6-8,10-13,18H,5,9H2,1-4H3/b14-6-. The minimum atomic E-state index is 0.569. The molecular weight excluding hydrogens is 228 g/mol. The van der Waals surface area contributed by atoms with Crippen LogP contribution in [0.4, 0.5) is 0 Å². The second-order valence-corrected chi connectivity index (χ2v) is 5.43. The number of hydrogen-bond acceptors (Lipinski definition) is 0. The zero-order chi connectivity index (χ0) is 13.8. The van der Waals surface area contributed by atoms with Crippen LogP contribution in [-0.2, 0) is 0 Å². The highest BCUT2D eigenvalue weighted by Gasteiger charge is 2.15. The highest BCUT2D eigenvalue weighted by atomic mass is 14.2. The van der Waals surface area contributed by atoms with Gasteiger partial charge in [-0.1, -0.05) is 61.4 Å². The molecule has 2 aromatic rings. The molecule has 2 aromatic carbocycles. The monoisotopic (exact) mass is 252 g/mol. The average molecular weight is 252 g/mol. The van der Waals surface area contributed by atoms with Crippen LogP contribution >= 0.6 is 0 Å². The van der Waals surface area contributed by atoms with Crippen molar-refractivity contribution in [3.8, 4) is 0 Å². The van der Waals surface area contributed by atoms with Crippen LogP contribution in [0, 0.1) is 6.92 Å². The lowest BCUT2D eigenvalue weighted by Gasteiger charge is -2.20. The molecule has 0 N–H and O–H groups in total. The third-order valence-corrected chi connectivity index (χ3v) is 4.09. The molecule has 0 aliphatic rings. The van der Waals surface area contributed by atoms with Crippen molar-refractivity contribution < 1.29 is 0 Å². The topological polar surface area (TPSA) is 0 Å². The number of fused-ring (bicyclic) bond motifs is 1. The Balaban J connectivity index is 2.55. The van der Waals surface area contributed by atoms with Crippen LogP contribution in [0.2, 0.25) is 0 Å². The Labute approximate surface area is 117 Å². The van der Waals surface area contributed by atoms with Crippen molar-refractivity contribution in [2.75, 3.05) is 0 Å². The molecule has 0 aliphatic carbocycles. The Kier molecular flexibility index (Phi) is 4.42. The maximum absolute atomic E-state index is 2.39. The molecule has 0 heteroatoms. The Hall–Kier alpha value is -1.56. The van der Waals surface area contributed by atoms with E-state index in [2.05, 4.69) is 70.2 Å². The molecule has 1 unspecified atom stereocenters. The summed E-state index contributed by atoms with van der Waals surface area (Å²) in [6.07, 6.45) is 4.71. The molecule has 0 amide bonds. The van der Waals surface area contributed by atoms with Gasteiger partial charge in [-0.25, -0.2) is 0 Å². The summed E-state index contributed by atoms with van der Waals surface area (Å²) in [5.74, 6) is 0.569. The van der Waals surface area contributed by atoms with E-state index in [1.165, 1.54) is 40.3 Å². The summed E-state index contributed by atoms with van der Waals surface area (Å²) in [6, 6.07) is 13.4. The van der Waals surface area contributed by atoms with Gasteiger partial charge in [-0.2, -0.15) is 0 Å². The van der Waals surface area contributed by atoms with E-state index in [0.29, 0.717) is 5.92 Å². The van der Waals surface area contributed by atoms with Crippen LogP contribution < -0.4 is 0 Å². The van der Waals surface area contributed by atoms with E-state index in [0.717, 1.165) is 0 Å². The fourth-order valence-corrected chi connectivity index (χ4v) is 2.87. The van der Waals surface area contributed by atoms with E-state index < -0.39 is 0 Å². The lowest BCUT2D eigenvalue weighted by atomic mass is 9.84. The first-order valence-corrected chi connectivity index (χ1v) is 7.29. The van der Waals surface area contributed by atoms with Crippen LogP contribution in [0.25, 0.3) is 10.8 Å². The molecule has 100 valence electrons. The molecule has 0 saturated heterocycles. The van der Waals surface area contributed by atoms with Crippen molar-refractivity contribution in [1.82, 2.24) is 0 Å². The summed E-state index contributed by atoms with van der Waals surface area (Å²) in [5, 5.41) is 2.70. The SMILES string of the molecule is C/C=C(/C)C(CCC)c1cc2ccccc2cc1C. The van der Waals surface area contributed by atoms with Gasteiger partial charge in [-0.05, 0) is 49.1 Å². The Bertz CT molecular complexity index is 590. The van der Waals surface area contributed by atoms with Crippen LogP contribution in [0.15, 0.2) is 48.0 Å².